The van der Waals surface area contributed by atoms with Gasteiger partial charge < -0.3 is 9.40 Å². The smallest absolute Gasteiger partial charge is 0.123 e. The number of aromatic nitrogens is 1. The van der Waals surface area contributed by atoms with Crippen molar-refractivity contribution in [1.29, 1.82) is 0 Å². The molecule has 5 heteroatoms. The first-order chi connectivity index (χ1) is 13.4. The normalized spacial score (nSPS) is 16.8. The largest absolute Gasteiger partial charge is 0.399 e. The summed E-state index contributed by atoms with van der Waals surface area (Å²) in [6.07, 6.45) is 1.75. The number of fused-ring (bicyclic) bond motifs is 1. The summed E-state index contributed by atoms with van der Waals surface area (Å²) in [5, 5.41) is 4.33. The van der Waals surface area contributed by atoms with Crippen LogP contribution in [0.4, 0.5) is 4.39 Å². The van der Waals surface area contributed by atoms with Gasteiger partial charge in [-0.05, 0) is 66.3 Å². The van der Waals surface area contributed by atoms with Crippen molar-refractivity contribution < 1.29 is 9.23 Å². The van der Waals surface area contributed by atoms with E-state index in [0.29, 0.717) is 0 Å². The fraction of sp³-hybridized carbons (Fsp3) is 0.261. The van der Waals surface area contributed by atoms with Gasteiger partial charge in [-0.2, -0.15) is 0 Å². The average molecular weight is 441 g/mol. The first-order valence-corrected chi connectivity index (χ1v) is 10.0. The highest BCUT2D eigenvalue weighted by Gasteiger charge is 2.34. The minimum absolute atomic E-state index is 0.0531. The highest BCUT2D eigenvalue weighted by Crippen LogP contribution is 2.40. The van der Waals surface area contributed by atoms with Gasteiger partial charge in [-0.25, -0.2) is 4.39 Å². The van der Waals surface area contributed by atoms with Crippen LogP contribution in [0.3, 0.4) is 0 Å². The third kappa shape index (κ3) is 3.51. The third-order valence-electron chi connectivity index (χ3n) is 5.13. The Morgan fingerprint density at radius 3 is 2.36 bits per heavy atom. The second-order valence-electron chi connectivity index (χ2n) is 7.95. The Hall–Kier alpha value is -2.40. The van der Waals surface area contributed by atoms with Gasteiger partial charge in [0.15, 0.2) is 0 Å². The lowest BCUT2D eigenvalue weighted by Gasteiger charge is -2.31. The van der Waals surface area contributed by atoms with Gasteiger partial charge in [0.05, 0.1) is 11.4 Å². The number of halogens is 2. The van der Waals surface area contributed by atoms with Crippen LogP contribution in [-0.2, 0) is 11.3 Å². The van der Waals surface area contributed by atoms with Crippen molar-refractivity contribution in [3.05, 3.63) is 76.1 Å². The van der Waals surface area contributed by atoms with E-state index in [9.17, 15) is 4.39 Å². The van der Waals surface area contributed by atoms with Crippen LogP contribution in [0.15, 0.2) is 64.2 Å². The van der Waals surface area contributed by atoms with Gasteiger partial charge in [0.2, 0.25) is 0 Å². The van der Waals surface area contributed by atoms with Crippen molar-refractivity contribution in [2.45, 2.75) is 26.7 Å². The molecule has 1 aliphatic carbocycles. The molecule has 0 fully saturated rings. The van der Waals surface area contributed by atoms with Crippen molar-refractivity contribution >= 4 is 21.6 Å². The Bertz CT molecular complexity index is 1030. The molecule has 1 aromatic heterocycles. The summed E-state index contributed by atoms with van der Waals surface area (Å²) in [5.41, 5.74) is 6.38. The van der Waals surface area contributed by atoms with E-state index in [1.165, 1.54) is 17.8 Å². The predicted molar refractivity (Wildman–Crippen MR) is 115 cm³/mol. The van der Waals surface area contributed by atoms with E-state index >= 15 is 0 Å². The molecule has 0 aliphatic heterocycles. The first-order valence-electron chi connectivity index (χ1n) is 9.25. The summed E-state index contributed by atoms with van der Waals surface area (Å²) < 4.78 is 16.8. The number of oxime groups is 1. The van der Waals surface area contributed by atoms with Crippen LogP contribution >= 0.6 is 15.9 Å². The van der Waals surface area contributed by atoms with Crippen LogP contribution in [0.5, 0.6) is 0 Å². The Kier molecular flexibility index (Phi) is 4.88. The molecule has 0 atom stereocenters. The molecule has 0 spiro atoms. The standard InChI is InChI=1S/C23H22BrFN2O/c1-23(2)13-20(26-28-3)19-12-21(15-4-6-16(24)7-5-15)27(22(19)14-23)18-10-8-17(25)9-11-18/h4-12H,13-14H2,1-3H3/b26-20+. The molecule has 1 aliphatic rings. The van der Waals surface area contributed by atoms with E-state index in [-0.39, 0.29) is 11.2 Å². The van der Waals surface area contributed by atoms with Crippen molar-refractivity contribution in [2.75, 3.05) is 7.11 Å². The molecular weight excluding hydrogens is 419 g/mol. The van der Waals surface area contributed by atoms with Crippen molar-refractivity contribution in [1.82, 2.24) is 4.57 Å². The molecule has 0 unspecified atom stereocenters. The van der Waals surface area contributed by atoms with Gasteiger partial charge in [0.1, 0.15) is 12.9 Å². The summed E-state index contributed by atoms with van der Waals surface area (Å²) in [5.74, 6) is -0.239. The Morgan fingerprint density at radius 1 is 1.04 bits per heavy atom. The molecule has 0 saturated heterocycles. The maximum Gasteiger partial charge on any atom is 0.123 e. The molecule has 2 aromatic carbocycles. The lowest BCUT2D eigenvalue weighted by molar-refractivity contribution is 0.210. The van der Waals surface area contributed by atoms with E-state index in [2.05, 4.69) is 57.7 Å². The highest BCUT2D eigenvalue weighted by atomic mass is 79.9. The molecule has 1 heterocycles. The van der Waals surface area contributed by atoms with Crippen LogP contribution in [-0.4, -0.2) is 17.4 Å². The maximum atomic E-state index is 13.6. The SMILES string of the molecule is CO/N=C1\CC(C)(C)Cc2c1cc(-c1ccc(Br)cc1)n2-c1ccc(F)cc1. The lowest BCUT2D eigenvalue weighted by atomic mass is 9.76. The molecule has 4 rings (SSSR count). The zero-order valence-corrected chi connectivity index (χ0v) is 17.8. The third-order valence-corrected chi connectivity index (χ3v) is 5.66. The fourth-order valence-electron chi connectivity index (χ4n) is 3.95. The minimum atomic E-state index is -0.239. The topological polar surface area (TPSA) is 26.5 Å². The molecule has 0 amide bonds. The van der Waals surface area contributed by atoms with Gasteiger partial charge in [-0.1, -0.05) is 47.1 Å². The van der Waals surface area contributed by atoms with E-state index < -0.39 is 0 Å². The second kappa shape index (κ2) is 7.21. The van der Waals surface area contributed by atoms with Crippen molar-refractivity contribution in [2.24, 2.45) is 10.6 Å². The van der Waals surface area contributed by atoms with Crippen LogP contribution in [0.1, 0.15) is 31.5 Å². The van der Waals surface area contributed by atoms with Gasteiger partial charge in [0, 0.05) is 21.4 Å². The monoisotopic (exact) mass is 440 g/mol. The van der Waals surface area contributed by atoms with Gasteiger partial charge in [0.25, 0.3) is 0 Å². The minimum Gasteiger partial charge on any atom is -0.399 e. The molecule has 0 bridgehead atoms. The lowest BCUT2D eigenvalue weighted by Crippen LogP contribution is -2.28. The summed E-state index contributed by atoms with van der Waals surface area (Å²) in [4.78, 5) is 5.15. The van der Waals surface area contributed by atoms with Gasteiger partial charge >= 0.3 is 0 Å². The number of rotatable bonds is 3. The summed E-state index contributed by atoms with van der Waals surface area (Å²) in [6.45, 7) is 4.48. The van der Waals surface area contributed by atoms with Gasteiger partial charge in [-0.3, -0.25) is 0 Å². The molecule has 0 N–H and O–H groups in total. The number of benzene rings is 2. The molecule has 28 heavy (non-hydrogen) atoms. The van der Waals surface area contributed by atoms with Crippen molar-refractivity contribution in [3.8, 4) is 16.9 Å². The van der Waals surface area contributed by atoms with Gasteiger partial charge in [-0.15, -0.1) is 0 Å². The molecule has 3 aromatic rings. The fourth-order valence-corrected chi connectivity index (χ4v) is 4.21. The van der Waals surface area contributed by atoms with Crippen LogP contribution in [0, 0.1) is 11.2 Å². The Labute approximate surface area is 173 Å². The number of hydrogen-bond acceptors (Lipinski definition) is 2. The predicted octanol–water partition coefficient (Wildman–Crippen LogP) is 6.37. The number of hydrogen-bond donors (Lipinski definition) is 0. The zero-order chi connectivity index (χ0) is 19.9. The van der Waals surface area contributed by atoms with E-state index in [1.807, 2.05) is 24.3 Å². The van der Waals surface area contributed by atoms with E-state index in [4.69, 9.17) is 4.84 Å². The quantitative estimate of drug-likeness (QED) is 0.434. The Morgan fingerprint density at radius 2 is 1.71 bits per heavy atom. The van der Waals surface area contributed by atoms with Crippen LogP contribution in [0.25, 0.3) is 16.9 Å². The molecule has 3 nitrogen and oxygen atoms in total. The van der Waals surface area contributed by atoms with E-state index in [0.717, 1.165) is 45.5 Å². The first kappa shape index (κ1) is 18.9. The van der Waals surface area contributed by atoms with Crippen molar-refractivity contribution in [3.63, 3.8) is 0 Å². The summed E-state index contributed by atoms with van der Waals surface area (Å²) in [6, 6.07) is 17.1. The average Bonchev–Trinajstić information content (AvgIpc) is 3.01. The molecular formula is C23H22BrFN2O. The van der Waals surface area contributed by atoms with Crippen LogP contribution < -0.4 is 0 Å². The second-order valence-corrected chi connectivity index (χ2v) is 8.86. The summed E-state index contributed by atoms with van der Waals surface area (Å²) in [7, 11) is 1.58. The molecule has 144 valence electrons. The van der Waals surface area contributed by atoms with Crippen LogP contribution in [0.2, 0.25) is 0 Å². The number of nitrogens with zero attached hydrogens (tertiary/aromatic N) is 2. The molecule has 0 radical (unpaired) electrons. The van der Waals surface area contributed by atoms with E-state index in [1.54, 1.807) is 7.11 Å². The zero-order valence-electron chi connectivity index (χ0n) is 16.2. The summed E-state index contributed by atoms with van der Waals surface area (Å²) >= 11 is 3.51. The molecule has 0 saturated carbocycles. The maximum absolute atomic E-state index is 13.6. The highest BCUT2D eigenvalue weighted by molar-refractivity contribution is 9.10. The Balaban J connectivity index is 2.00.